The Hall–Kier alpha value is -1.20. The second-order valence-corrected chi connectivity index (χ2v) is 8.58. The normalized spacial score (nSPS) is 30.8. The summed E-state index contributed by atoms with van der Waals surface area (Å²) in [5.41, 5.74) is 0.713. The van der Waals surface area contributed by atoms with E-state index in [4.69, 9.17) is 0 Å². The van der Waals surface area contributed by atoms with Crippen LogP contribution in [0, 0.1) is 11.8 Å². The number of amides is 2. The van der Waals surface area contributed by atoms with Crippen molar-refractivity contribution in [3.05, 3.63) is 42.5 Å². The third-order valence-electron chi connectivity index (χ3n) is 4.92. The van der Waals surface area contributed by atoms with Crippen LogP contribution in [0.25, 0.3) is 10.8 Å². The van der Waals surface area contributed by atoms with E-state index in [0.717, 1.165) is 10.8 Å². The second kappa shape index (κ2) is 5.71. The van der Waals surface area contributed by atoms with Crippen LogP contribution in [-0.4, -0.2) is 21.5 Å². The molecule has 2 aromatic carbocycles. The third-order valence-corrected chi connectivity index (χ3v) is 7.65. The molecule has 1 aliphatic carbocycles. The number of nitrogens with zero attached hydrogens (tertiary/aromatic N) is 1. The van der Waals surface area contributed by atoms with Gasteiger partial charge in [-0.05, 0) is 24.3 Å². The standard InChI is InChI=1S/C18H15Br2NO2/c19-14-8-12-13(9-15(14)20)18(23)21(17(12)22)16-7-3-5-10-4-1-2-6-11(10)16/h1-7,12-15H,8-9H2/t12-,13+,14-,15-/m1/s1. The molecule has 0 bridgehead atoms. The van der Waals surface area contributed by atoms with Crippen molar-refractivity contribution in [2.75, 3.05) is 4.90 Å². The van der Waals surface area contributed by atoms with Crippen molar-refractivity contribution in [3.8, 4) is 0 Å². The Labute approximate surface area is 151 Å². The highest BCUT2D eigenvalue weighted by Crippen LogP contribution is 2.45. The predicted molar refractivity (Wildman–Crippen MR) is 98.1 cm³/mol. The minimum Gasteiger partial charge on any atom is -0.274 e. The van der Waals surface area contributed by atoms with Crippen LogP contribution >= 0.6 is 31.9 Å². The first-order chi connectivity index (χ1) is 11.1. The molecule has 2 aliphatic rings. The van der Waals surface area contributed by atoms with Gasteiger partial charge < -0.3 is 0 Å². The smallest absolute Gasteiger partial charge is 0.237 e. The van der Waals surface area contributed by atoms with Crippen molar-refractivity contribution >= 4 is 60.1 Å². The SMILES string of the molecule is O=C1[C@H]2C[C@@H](Br)[C@H](Br)C[C@H]2C(=O)N1c1cccc2ccccc12. The van der Waals surface area contributed by atoms with Gasteiger partial charge in [0.05, 0.1) is 17.5 Å². The van der Waals surface area contributed by atoms with Gasteiger partial charge in [0.15, 0.2) is 0 Å². The lowest BCUT2D eigenvalue weighted by Crippen LogP contribution is -2.34. The maximum atomic E-state index is 12.9. The Bertz CT molecular complexity index is 773. The number of carbonyl (C=O) groups excluding carboxylic acids is 2. The molecule has 3 nitrogen and oxygen atoms in total. The van der Waals surface area contributed by atoms with Gasteiger partial charge in [0, 0.05) is 15.0 Å². The Kier molecular flexibility index (Phi) is 3.81. The van der Waals surface area contributed by atoms with Crippen molar-refractivity contribution in [3.63, 3.8) is 0 Å². The number of alkyl halides is 2. The Balaban J connectivity index is 1.80. The quantitative estimate of drug-likeness (QED) is 0.494. The van der Waals surface area contributed by atoms with Gasteiger partial charge in [0.2, 0.25) is 11.8 Å². The van der Waals surface area contributed by atoms with Crippen LogP contribution in [0.15, 0.2) is 42.5 Å². The van der Waals surface area contributed by atoms with Gasteiger partial charge in [-0.1, -0.05) is 68.3 Å². The summed E-state index contributed by atoms with van der Waals surface area (Å²) in [5.74, 6) is -0.528. The van der Waals surface area contributed by atoms with E-state index in [1.807, 2.05) is 42.5 Å². The fraction of sp³-hybridized carbons (Fsp3) is 0.333. The van der Waals surface area contributed by atoms with Crippen molar-refractivity contribution in [2.24, 2.45) is 11.8 Å². The number of anilines is 1. The number of hydrogen-bond acceptors (Lipinski definition) is 2. The van der Waals surface area contributed by atoms with E-state index in [0.29, 0.717) is 18.5 Å². The molecule has 2 fully saturated rings. The van der Waals surface area contributed by atoms with Crippen LogP contribution < -0.4 is 4.90 Å². The lowest BCUT2D eigenvalue weighted by Gasteiger charge is -2.29. The molecular formula is C18H15Br2NO2. The third kappa shape index (κ3) is 2.36. The zero-order valence-electron chi connectivity index (χ0n) is 12.3. The van der Waals surface area contributed by atoms with Crippen LogP contribution in [-0.2, 0) is 9.59 Å². The monoisotopic (exact) mass is 435 g/mol. The van der Waals surface area contributed by atoms with Crippen LogP contribution in [0.4, 0.5) is 5.69 Å². The van der Waals surface area contributed by atoms with E-state index in [2.05, 4.69) is 31.9 Å². The summed E-state index contributed by atoms with van der Waals surface area (Å²) in [7, 11) is 0. The van der Waals surface area contributed by atoms with Crippen LogP contribution in [0.1, 0.15) is 12.8 Å². The van der Waals surface area contributed by atoms with E-state index in [1.54, 1.807) is 0 Å². The maximum absolute atomic E-state index is 12.9. The highest BCUT2D eigenvalue weighted by atomic mass is 79.9. The number of benzene rings is 2. The molecule has 5 heteroatoms. The van der Waals surface area contributed by atoms with Gasteiger partial charge in [-0.15, -0.1) is 0 Å². The Morgan fingerprint density at radius 2 is 1.39 bits per heavy atom. The minimum atomic E-state index is -0.209. The van der Waals surface area contributed by atoms with Crippen LogP contribution in [0.5, 0.6) is 0 Å². The lowest BCUT2D eigenvalue weighted by atomic mass is 9.81. The van der Waals surface area contributed by atoms with Crippen molar-refractivity contribution in [2.45, 2.75) is 22.5 Å². The summed E-state index contributed by atoms with van der Waals surface area (Å²) in [4.78, 5) is 27.7. The highest BCUT2D eigenvalue weighted by molar-refractivity contribution is 9.12. The van der Waals surface area contributed by atoms with E-state index in [-0.39, 0.29) is 33.3 Å². The molecule has 1 saturated heterocycles. The highest BCUT2D eigenvalue weighted by Gasteiger charge is 2.52. The largest absolute Gasteiger partial charge is 0.274 e. The van der Waals surface area contributed by atoms with Crippen molar-refractivity contribution in [1.82, 2.24) is 0 Å². The van der Waals surface area contributed by atoms with Gasteiger partial charge in [-0.25, -0.2) is 4.90 Å². The molecule has 4 rings (SSSR count). The fourth-order valence-electron chi connectivity index (χ4n) is 3.74. The maximum Gasteiger partial charge on any atom is 0.237 e. The molecule has 1 heterocycles. The average molecular weight is 437 g/mol. The molecule has 0 unspecified atom stereocenters. The first kappa shape index (κ1) is 15.3. The van der Waals surface area contributed by atoms with Gasteiger partial charge >= 0.3 is 0 Å². The topological polar surface area (TPSA) is 37.4 Å². The van der Waals surface area contributed by atoms with E-state index in [1.165, 1.54) is 4.90 Å². The zero-order chi connectivity index (χ0) is 16.1. The molecule has 1 saturated carbocycles. The molecule has 0 N–H and O–H groups in total. The number of rotatable bonds is 1. The van der Waals surface area contributed by atoms with E-state index >= 15 is 0 Å². The number of fused-ring (bicyclic) bond motifs is 2. The van der Waals surface area contributed by atoms with Gasteiger partial charge in [0.25, 0.3) is 0 Å². The fourth-order valence-corrected chi connectivity index (χ4v) is 4.97. The summed E-state index contributed by atoms with van der Waals surface area (Å²) in [6, 6.07) is 13.6. The molecule has 0 spiro atoms. The van der Waals surface area contributed by atoms with E-state index < -0.39 is 0 Å². The number of hydrogen-bond donors (Lipinski definition) is 0. The van der Waals surface area contributed by atoms with Crippen molar-refractivity contribution < 1.29 is 9.59 Å². The second-order valence-electron chi connectivity index (χ2n) is 6.23. The molecule has 1 aliphatic heterocycles. The molecule has 0 radical (unpaired) electrons. The molecule has 2 amide bonds. The summed E-state index contributed by atoms with van der Waals surface area (Å²) in [6.07, 6.45) is 1.40. The summed E-state index contributed by atoms with van der Waals surface area (Å²) < 4.78 is 0. The van der Waals surface area contributed by atoms with Gasteiger partial charge in [-0.2, -0.15) is 0 Å². The molecule has 23 heavy (non-hydrogen) atoms. The molecule has 0 aromatic heterocycles. The molecule has 4 atom stereocenters. The minimum absolute atomic E-state index is 0.0554. The first-order valence-electron chi connectivity index (χ1n) is 7.71. The Morgan fingerprint density at radius 3 is 2.04 bits per heavy atom. The van der Waals surface area contributed by atoms with Crippen LogP contribution in [0.2, 0.25) is 0 Å². The number of imide groups is 1. The molecule has 2 aromatic rings. The molecular weight excluding hydrogens is 422 g/mol. The average Bonchev–Trinajstić information content (AvgIpc) is 2.79. The van der Waals surface area contributed by atoms with Gasteiger partial charge in [0.1, 0.15) is 0 Å². The number of halogens is 2. The van der Waals surface area contributed by atoms with Gasteiger partial charge in [-0.3, -0.25) is 9.59 Å². The first-order valence-corrected chi connectivity index (χ1v) is 9.55. The zero-order valence-corrected chi connectivity index (χ0v) is 15.5. The van der Waals surface area contributed by atoms with Crippen molar-refractivity contribution in [1.29, 1.82) is 0 Å². The molecule has 118 valence electrons. The summed E-state index contributed by atoms with van der Waals surface area (Å²) in [5, 5.41) is 1.98. The predicted octanol–water partition coefficient (Wildman–Crippen LogP) is 4.27. The van der Waals surface area contributed by atoms with Crippen LogP contribution in [0.3, 0.4) is 0 Å². The summed E-state index contributed by atoms with van der Waals surface area (Å²) in [6.45, 7) is 0. The number of carbonyl (C=O) groups is 2. The summed E-state index contributed by atoms with van der Waals surface area (Å²) >= 11 is 7.25. The Morgan fingerprint density at radius 1 is 0.826 bits per heavy atom. The van der Waals surface area contributed by atoms with E-state index in [9.17, 15) is 9.59 Å². The lowest BCUT2D eigenvalue weighted by molar-refractivity contribution is -0.122.